The highest BCUT2D eigenvalue weighted by Crippen LogP contribution is 2.32. The Morgan fingerprint density at radius 1 is 1.35 bits per heavy atom. The average molecular weight is 233 g/mol. The second-order valence-electron chi connectivity index (χ2n) is 4.46. The molecule has 0 radical (unpaired) electrons. The molecule has 1 fully saturated rings. The molecule has 1 aromatic carbocycles. The minimum Gasteiger partial charge on any atom is -0.395 e. The fourth-order valence-electron chi connectivity index (χ4n) is 2.44. The van der Waals surface area contributed by atoms with Crippen LogP contribution in [-0.2, 0) is 11.2 Å². The predicted molar refractivity (Wildman–Crippen MR) is 66.6 cm³/mol. The van der Waals surface area contributed by atoms with Crippen LogP contribution in [0.2, 0.25) is 0 Å². The van der Waals surface area contributed by atoms with Gasteiger partial charge in [-0.3, -0.25) is 4.79 Å². The molecule has 1 amide bonds. The second kappa shape index (κ2) is 5.32. The lowest BCUT2D eigenvalue weighted by Crippen LogP contribution is -2.30. The molecule has 17 heavy (non-hydrogen) atoms. The normalized spacial score (nSPS) is 20.0. The van der Waals surface area contributed by atoms with E-state index < -0.39 is 0 Å². The van der Waals surface area contributed by atoms with Crippen molar-refractivity contribution in [3.63, 3.8) is 0 Å². The summed E-state index contributed by atoms with van der Waals surface area (Å²) in [4.78, 5) is 13.5. The third-order valence-corrected chi connectivity index (χ3v) is 3.44. The van der Waals surface area contributed by atoms with E-state index in [0.29, 0.717) is 13.0 Å². The molecule has 0 bridgehead atoms. The van der Waals surface area contributed by atoms with Crippen LogP contribution in [0.5, 0.6) is 0 Å². The van der Waals surface area contributed by atoms with Crippen LogP contribution in [0.1, 0.15) is 36.9 Å². The van der Waals surface area contributed by atoms with Crippen LogP contribution in [0.3, 0.4) is 0 Å². The van der Waals surface area contributed by atoms with E-state index >= 15 is 0 Å². The number of β-amino-alcohol motifs (C(OH)–C–C–N with tert-alkyl or cyclic N) is 1. The summed E-state index contributed by atoms with van der Waals surface area (Å²) in [5.74, 6) is 0.156. The van der Waals surface area contributed by atoms with Crippen LogP contribution < -0.4 is 0 Å². The summed E-state index contributed by atoms with van der Waals surface area (Å²) >= 11 is 0. The summed E-state index contributed by atoms with van der Waals surface area (Å²) in [6, 6.07) is 8.60. The van der Waals surface area contributed by atoms with Crippen molar-refractivity contribution in [1.29, 1.82) is 0 Å². The van der Waals surface area contributed by atoms with Crippen LogP contribution in [0.15, 0.2) is 24.3 Å². The number of hydrogen-bond donors (Lipinski definition) is 1. The third kappa shape index (κ3) is 2.50. The van der Waals surface area contributed by atoms with Gasteiger partial charge in [0.05, 0.1) is 12.6 Å². The van der Waals surface area contributed by atoms with E-state index in [4.69, 9.17) is 5.11 Å². The van der Waals surface area contributed by atoms with Gasteiger partial charge in [-0.15, -0.1) is 0 Å². The molecule has 0 saturated carbocycles. The largest absolute Gasteiger partial charge is 0.395 e. The first-order chi connectivity index (χ1) is 8.26. The molecule has 1 unspecified atom stereocenters. The maximum absolute atomic E-state index is 11.7. The maximum atomic E-state index is 11.7. The van der Waals surface area contributed by atoms with Crippen LogP contribution in [0.25, 0.3) is 0 Å². The lowest BCUT2D eigenvalue weighted by Gasteiger charge is -2.24. The molecule has 1 aromatic rings. The van der Waals surface area contributed by atoms with Gasteiger partial charge in [-0.1, -0.05) is 31.2 Å². The Hall–Kier alpha value is -1.35. The summed E-state index contributed by atoms with van der Waals surface area (Å²) in [7, 11) is 0. The summed E-state index contributed by atoms with van der Waals surface area (Å²) in [6.45, 7) is 2.61. The van der Waals surface area contributed by atoms with Crippen molar-refractivity contribution in [1.82, 2.24) is 4.90 Å². The second-order valence-corrected chi connectivity index (χ2v) is 4.46. The summed E-state index contributed by atoms with van der Waals surface area (Å²) in [5, 5.41) is 9.00. The zero-order valence-electron chi connectivity index (χ0n) is 10.2. The van der Waals surface area contributed by atoms with Crippen LogP contribution in [0.4, 0.5) is 0 Å². The SMILES string of the molecule is CCc1ccc(C2CCC(=O)N2CCO)cc1. The third-order valence-electron chi connectivity index (χ3n) is 3.44. The van der Waals surface area contributed by atoms with Gasteiger partial charge in [0.25, 0.3) is 0 Å². The molecule has 3 heteroatoms. The predicted octanol–water partition coefficient (Wildman–Crippen LogP) is 1.90. The van der Waals surface area contributed by atoms with E-state index in [2.05, 4.69) is 31.2 Å². The minimum absolute atomic E-state index is 0.0370. The molecular formula is C14H19NO2. The van der Waals surface area contributed by atoms with E-state index in [1.807, 2.05) is 0 Å². The highest BCUT2D eigenvalue weighted by atomic mass is 16.3. The smallest absolute Gasteiger partial charge is 0.223 e. The van der Waals surface area contributed by atoms with Gasteiger partial charge in [0.1, 0.15) is 0 Å². The first-order valence-corrected chi connectivity index (χ1v) is 6.25. The number of carbonyl (C=O) groups excluding carboxylic acids is 1. The Balaban J connectivity index is 2.17. The molecule has 0 spiro atoms. The number of aliphatic hydroxyl groups is 1. The summed E-state index contributed by atoms with van der Waals surface area (Å²) in [5.41, 5.74) is 2.49. The molecule has 1 heterocycles. The maximum Gasteiger partial charge on any atom is 0.223 e. The number of aliphatic hydroxyl groups excluding tert-OH is 1. The average Bonchev–Trinajstić information content (AvgIpc) is 2.72. The molecule has 0 aliphatic carbocycles. The zero-order valence-corrected chi connectivity index (χ0v) is 10.2. The molecule has 1 aliphatic rings. The topological polar surface area (TPSA) is 40.5 Å². The van der Waals surface area contributed by atoms with Crippen molar-refractivity contribution in [3.8, 4) is 0 Å². The van der Waals surface area contributed by atoms with Gasteiger partial charge in [0.15, 0.2) is 0 Å². The molecular weight excluding hydrogens is 214 g/mol. The summed E-state index contributed by atoms with van der Waals surface area (Å²) < 4.78 is 0. The first kappa shape index (κ1) is 12.1. The number of carbonyl (C=O) groups is 1. The first-order valence-electron chi connectivity index (χ1n) is 6.25. The van der Waals surface area contributed by atoms with Crippen LogP contribution >= 0.6 is 0 Å². The highest BCUT2D eigenvalue weighted by molar-refractivity contribution is 5.79. The Bertz CT molecular complexity index is 386. The number of nitrogens with zero attached hydrogens (tertiary/aromatic N) is 1. The Morgan fingerprint density at radius 3 is 2.65 bits per heavy atom. The van der Waals surface area contributed by atoms with Crippen molar-refractivity contribution < 1.29 is 9.90 Å². The Morgan fingerprint density at radius 2 is 2.06 bits per heavy atom. The van der Waals surface area contributed by atoms with Crippen LogP contribution in [-0.4, -0.2) is 29.1 Å². The lowest BCUT2D eigenvalue weighted by molar-refractivity contribution is -0.129. The zero-order chi connectivity index (χ0) is 12.3. The van der Waals surface area contributed by atoms with Gasteiger partial charge in [-0.05, 0) is 24.0 Å². The number of amides is 1. The monoisotopic (exact) mass is 233 g/mol. The number of likely N-dealkylation sites (tertiary alicyclic amines) is 1. The van der Waals surface area contributed by atoms with Crippen molar-refractivity contribution in [3.05, 3.63) is 35.4 Å². The number of rotatable bonds is 4. The van der Waals surface area contributed by atoms with Gasteiger partial charge in [-0.25, -0.2) is 0 Å². The molecule has 92 valence electrons. The van der Waals surface area contributed by atoms with Gasteiger partial charge in [0, 0.05) is 13.0 Å². The number of benzene rings is 1. The van der Waals surface area contributed by atoms with E-state index in [1.165, 1.54) is 11.1 Å². The number of hydrogen-bond acceptors (Lipinski definition) is 2. The molecule has 1 aliphatic heterocycles. The fourth-order valence-corrected chi connectivity index (χ4v) is 2.44. The molecule has 2 rings (SSSR count). The van der Waals surface area contributed by atoms with Crippen molar-refractivity contribution in [2.75, 3.05) is 13.2 Å². The lowest BCUT2D eigenvalue weighted by atomic mass is 10.0. The molecule has 3 nitrogen and oxygen atoms in total. The van der Waals surface area contributed by atoms with Crippen molar-refractivity contribution in [2.45, 2.75) is 32.2 Å². The standard InChI is InChI=1S/C14H19NO2/c1-2-11-3-5-12(6-4-11)13-7-8-14(17)15(13)9-10-16/h3-6,13,16H,2,7-10H2,1H3. The molecule has 0 aromatic heterocycles. The minimum atomic E-state index is 0.0370. The highest BCUT2D eigenvalue weighted by Gasteiger charge is 2.31. The van der Waals surface area contributed by atoms with Crippen LogP contribution in [0, 0.1) is 0 Å². The molecule has 1 N–H and O–H groups in total. The molecule has 1 atom stereocenters. The fraction of sp³-hybridized carbons (Fsp3) is 0.500. The number of aryl methyl sites for hydroxylation is 1. The Labute approximate surface area is 102 Å². The quantitative estimate of drug-likeness (QED) is 0.863. The van der Waals surface area contributed by atoms with Gasteiger partial charge in [-0.2, -0.15) is 0 Å². The van der Waals surface area contributed by atoms with Crippen molar-refractivity contribution >= 4 is 5.91 Å². The summed E-state index contributed by atoms with van der Waals surface area (Å²) in [6.07, 6.45) is 2.49. The van der Waals surface area contributed by atoms with Gasteiger partial charge >= 0.3 is 0 Å². The van der Waals surface area contributed by atoms with Gasteiger partial charge in [0.2, 0.25) is 5.91 Å². The molecule has 1 saturated heterocycles. The van der Waals surface area contributed by atoms with Crippen molar-refractivity contribution in [2.24, 2.45) is 0 Å². The Kier molecular flexibility index (Phi) is 3.79. The van der Waals surface area contributed by atoms with Gasteiger partial charge < -0.3 is 10.0 Å². The van der Waals surface area contributed by atoms with E-state index in [-0.39, 0.29) is 18.6 Å². The van der Waals surface area contributed by atoms with E-state index in [9.17, 15) is 4.79 Å². The van der Waals surface area contributed by atoms with E-state index in [0.717, 1.165) is 12.8 Å². The van der Waals surface area contributed by atoms with E-state index in [1.54, 1.807) is 4.90 Å².